The maximum absolute atomic E-state index is 13.0. The summed E-state index contributed by atoms with van der Waals surface area (Å²) in [5.74, 6) is 2.82. The number of carbonyl (C=O) groups excluding carboxylic acids is 1. The molecule has 0 aromatic heterocycles. The molecule has 34 heavy (non-hydrogen) atoms. The van der Waals surface area contributed by atoms with Crippen molar-refractivity contribution >= 4 is 5.78 Å². The van der Waals surface area contributed by atoms with Gasteiger partial charge in [-0.2, -0.15) is 0 Å². The van der Waals surface area contributed by atoms with Gasteiger partial charge in [0.2, 0.25) is 0 Å². The van der Waals surface area contributed by atoms with Crippen LogP contribution in [0.15, 0.2) is 54.3 Å². The Hall–Kier alpha value is -2.79. The van der Waals surface area contributed by atoms with Crippen LogP contribution in [-0.4, -0.2) is 42.6 Å². The number of carbonyl (C=O) groups is 1. The fraction of sp³-hybridized carbons (Fsp3) is 0.483. The number of rotatable bonds is 7. The Balaban J connectivity index is 0.000000588. The highest BCUT2D eigenvalue weighted by Crippen LogP contribution is 2.39. The van der Waals surface area contributed by atoms with E-state index in [1.54, 1.807) is 27.0 Å². The van der Waals surface area contributed by atoms with Crippen molar-refractivity contribution in [3.63, 3.8) is 0 Å². The van der Waals surface area contributed by atoms with E-state index >= 15 is 0 Å². The number of nitrogens with zero attached hydrogens (tertiary/aromatic N) is 1. The molecule has 0 saturated carbocycles. The van der Waals surface area contributed by atoms with Crippen LogP contribution in [0, 0.1) is 11.8 Å². The van der Waals surface area contributed by atoms with Crippen LogP contribution in [0.3, 0.4) is 0 Å². The molecule has 5 heteroatoms. The predicted molar refractivity (Wildman–Crippen MR) is 137 cm³/mol. The largest absolute Gasteiger partial charge is 0.513 e. The molecule has 0 bridgehead atoms. The second kappa shape index (κ2) is 12.6. The maximum atomic E-state index is 13.0. The van der Waals surface area contributed by atoms with Crippen LogP contribution in [0.4, 0.5) is 0 Å². The number of hydrogen-bond acceptors (Lipinski definition) is 5. The van der Waals surface area contributed by atoms with E-state index in [2.05, 4.69) is 35.2 Å². The lowest BCUT2D eigenvalue weighted by molar-refractivity contribution is 0.0895. The lowest BCUT2D eigenvalue weighted by atomic mass is 9.85. The molecule has 0 amide bonds. The summed E-state index contributed by atoms with van der Waals surface area (Å²) in [4.78, 5) is 15.5. The average Bonchev–Trinajstić information content (AvgIpc) is 3.15. The molecule has 1 aliphatic heterocycles. The monoisotopic (exact) mass is 465 g/mol. The summed E-state index contributed by atoms with van der Waals surface area (Å²) in [6.45, 7) is 9.25. The highest BCUT2D eigenvalue weighted by Gasteiger charge is 2.34. The van der Waals surface area contributed by atoms with Gasteiger partial charge in [-0.15, -0.1) is 0 Å². The third-order valence-electron chi connectivity index (χ3n) is 6.78. The number of likely N-dealkylation sites (tertiary alicyclic amines) is 1. The molecule has 1 heterocycles. The molecule has 0 spiro atoms. The first-order chi connectivity index (χ1) is 16.4. The lowest BCUT2D eigenvalue weighted by Crippen LogP contribution is -2.34. The first-order valence-corrected chi connectivity index (χ1v) is 12.4. The van der Waals surface area contributed by atoms with E-state index in [1.165, 1.54) is 18.4 Å². The number of Topliss-reactive ketones (excluding diaryl/α,β-unsaturated/α-hetero) is 1. The summed E-state index contributed by atoms with van der Waals surface area (Å²) in [5, 5.41) is 8.22. The molecule has 2 aliphatic rings. The van der Waals surface area contributed by atoms with Gasteiger partial charge in [-0.3, -0.25) is 9.69 Å². The van der Waals surface area contributed by atoms with Crippen LogP contribution in [0.5, 0.6) is 11.5 Å². The first-order valence-electron chi connectivity index (χ1n) is 12.4. The minimum atomic E-state index is 0.109. The number of ether oxygens (including phenoxy) is 2. The van der Waals surface area contributed by atoms with E-state index in [4.69, 9.17) is 14.6 Å². The summed E-state index contributed by atoms with van der Waals surface area (Å²) < 4.78 is 11.1. The van der Waals surface area contributed by atoms with Gasteiger partial charge in [0.05, 0.1) is 19.5 Å². The Morgan fingerprint density at radius 3 is 2.41 bits per heavy atom. The zero-order valence-corrected chi connectivity index (χ0v) is 21.0. The van der Waals surface area contributed by atoms with Crippen molar-refractivity contribution in [2.24, 2.45) is 11.8 Å². The molecule has 2 aromatic rings. The molecule has 1 aliphatic carbocycles. The number of aliphatic hydroxyl groups is 1. The standard InChI is InChI=1S/C25H31NO3.C4H8O/c1-3-29-24-15-20-14-21(25(27)22(20)16-23(24)28-2)13-18-9-11-26(12-10-18)17-19-7-5-4-6-8-19;1-3-4(2)5/h4-8,15-16,18,21H,3,9-14,17H2,1-2H3;3,5H,1-2H3/b;4-3+. The number of fused-ring (bicyclic) bond motifs is 1. The second-order valence-electron chi connectivity index (χ2n) is 9.23. The number of piperidine rings is 1. The van der Waals surface area contributed by atoms with E-state index in [-0.39, 0.29) is 11.7 Å². The molecule has 1 unspecified atom stereocenters. The Kier molecular flexibility index (Phi) is 9.58. The van der Waals surface area contributed by atoms with Crippen LogP contribution in [-0.2, 0) is 13.0 Å². The minimum absolute atomic E-state index is 0.109. The molecular weight excluding hydrogens is 426 g/mol. The van der Waals surface area contributed by atoms with Crippen LogP contribution in [0.25, 0.3) is 0 Å². The third-order valence-corrected chi connectivity index (χ3v) is 6.78. The fourth-order valence-electron chi connectivity index (χ4n) is 4.82. The zero-order chi connectivity index (χ0) is 24.5. The smallest absolute Gasteiger partial charge is 0.166 e. The van der Waals surface area contributed by atoms with Gasteiger partial charge in [-0.1, -0.05) is 36.4 Å². The highest BCUT2D eigenvalue weighted by atomic mass is 16.5. The molecule has 184 valence electrons. The van der Waals surface area contributed by atoms with Crippen LogP contribution >= 0.6 is 0 Å². The van der Waals surface area contributed by atoms with Gasteiger partial charge in [-0.05, 0) is 88.7 Å². The molecule has 0 radical (unpaired) electrons. The second-order valence-corrected chi connectivity index (χ2v) is 9.23. The zero-order valence-electron chi connectivity index (χ0n) is 21.0. The SMILES string of the molecule is C/C=C(\C)O.CCOc1cc2c(cc1OC)C(=O)C(CC1CCN(Cc3ccccc3)CC1)C2. The highest BCUT2D eigenvalue weighted by molar-refractivity contribution is 6.02. The van der Waals surface area contributed by atoms with Gasteiger partial charge < -0.3 is 14.6 Å². The molecule has 4 rings (SSSR count). The molecule has 1 N–H and O–H groups in total. The van der Waals surface area contributed by atoms with Crippen LogP contribution in [0.2, 0.25) is 0 Å². The fourth-order valence-corrected chi connectivity index (χ4v) is 4.82. The Morgan fingerprint density at radius 2 is 1.82 bits per heavy atom. The lowest BCUT2D eigenvalue weighted by Gasteiger charge is -2.32. The quantitative estimate of drug-likeness (QED) is 0.492. The van der Waals surface area contributed by atoms with E-state index < -0.39 is 0 Å². The van der Waals surface area contributed by atoms with Gasteiger partial charge in [0, 0.05) is 18.0 Å². The van der Waals surface area contributed by atoms with Gasteiger partial charge >= 0.3 is 0 Å². The van der Waals surface area contributed by atoms with Crippen molar-refractivity contribution in [2.45, 2.75) is 53.0 Å². The number of benzene rings is 2. The van der Waals surface area contributed by atoms with Crippen molar-refractivity contribution in [1.82, 2.24) is 4.90 Å². The van der Waals surface area contributed by atoms with Gasteiger partial charge in [0.15, 0.2) is 17.3 Å². The van der Waals surface area contributed by atoms with Crippen molar-refractivity contribution in [1.29, 1.82) is 0 Å². The summed E-state index contributed by atoms with van der Waals surface area (Å²) >= 11 is 0. The van der Waals surface area contributed by atoms with E-state index in [9.17, 15) is 4.79 Å². The van der Waals surface area contributed by atoms with Gasteiger partial charge in [0.1, 0.15) is 0 Å². The van der Waals surface area contributed by atoms with Gasteiger partial charge in [-0.25, -0.2) is 0 Å². The molecule has 1 atom stereocenters. The molecule has 1 saturated heterocycles. The van der Waals surface area contributed by atoms with Crippen molar-refractivity contribution in [3.8, 4) is 11.5 Å². The van der Waals surface area contributed by atoms with Crippen LogP contribution < -0.4 is 9.47 Å². The molecular formula is C29H39NO4. The van der Waals surface area contributed by atoms with Crippen molar-refractivity contribution < 1.29 is 19.4 Å². The summed E-state index contributed by atoms with van der Waals surface area (Å²) in [6.07, 6.45) is 5.84. The number of aliphatic hydroxyl groups excluding tert-OH is 1. The number of ketones is 1. The topological polar surface area (TPSA) is 59.0 Å². The normalized spacial score (nSPS) is 18.8. The van der Waals surface area contributed by atoms with E-state index in [1.807, 2.05) is 19.1 Å². The predicted octanol–water partition coefficient (Wildman–Crippen LogP) is 6.22. The van der Waals surface area contributed by atoms with Crippen molar-refractivity contribution in [3.05, 3.63) is 71.0 Å². The summed E-state index contributed by atoms with van der Waals surface area (Å²) in [7, 11) is 1.63. The number of allylic oxidation sites excluding steroid dienone is 2. The first kappa shape index (κ1) is 25.8. The molecule has 5 nitrogen and oxygen atoms in total. The van der Waals surface area contributed by atoms with E-state index in [0.29, 0.717) is 24.0 Å². The summed E-state index contributed by atoms with van der Waals surface area (Å²) in [6, 6.07) is 14.6. The molecule has 1 fully saturated rings. The Bertz CT molecular complexity index is 958. The Labute approximate surface area is 204 Å². The third kappa shape index (κ3) is 6.86. The van der Waals surface area contributed by atoms with E-state index in [0.717, 1.165) is 49.4 Å². The van der Waals surface area contributed by atoms with Crippen LogP contribution in [0.1, 0.15) is 61.5 Å². The Morgan fingerprint density at radius 1 is 1.15 bits per heavy atom. The number of hydrogen-bond donors (Lipinski definition) is 1. The van der Waals surface area contributed by atoms with Gasteiger partial charge in [0.25, 0.3) is 0 Å². The minimum Gasteiger partial charge on any atom is -0.513 e. The number of methoxy groups -OCH3 is 1. The average molecular weight is 466 g/mol. The van der Waals surface area contributed by atoms with Crippen molar-refractivity contribution in [2.75, 3.05) is 26.8 Å². The maximum Gasteiger partial charge on any atom is 0.166 e. The molecule has 2 aromatic carbocycles. The summed E-state index contributed by atoms with van der Waals surface area (Å²) in [5.41, 5.74) is 3.33.